The van der Waals surface area contributed by atoms with Gasteiger partial charge in [-0.15, -0.1) is 0 Å². The Morgan fingerprint density at radius 1 is 0.830 bits per heavy atom. The lowest BCUT2D eigenvalue weighted by Crippen LogP contribution is -2.52. The number of nitrogens with zero attached hydrogens (tertiary/aromatic N) is 1. The molecule has 1 aromatic heterocycles. The second kappa shape index (κ2) is 13.6. The van der Waals surface area contributed by atoms with E-state index in [1.54, 1.807) is 14.2 Å². The third-order valence-corrected chi connectivity index (χ3v) is 13.9. The van der Waals surface area contributed by atoms with Crippen LogP contribution in [-0.2, 0) is 19.5 Å². The standard InChI is InChI=1S/C36H45N3O7Si/c1-35(2,3)47(6,7)46-32-31(37)29(45-33(32)39-22-21-30(40)38-34(39)41)23-44-36(24-11-9-8-10-12-24,25-13-17-27(42-4)18-14-25)26-15-19-28(43-5)20-16-26/h8-22,29,31-33H,23,37H2,1-7H3,(H,38,40,41)/t29-,31-,32-,33-/m1/s1. The number of nitrogens with one attached hydrogen (secondary N) is 1. The van der Waals surface area contributed by atoms with Gasteiger partial charge in [-0.05, 0) is 59.1 Å². The number of methoxy groups -OCH3 is 2. The van der Waals surface area contributed by atoms with Gasteiger partial charge in [-0.3, -0.25) is 14.3 Å². The van der Waals surface area contributed by atoms with E-state index in [9.17, 15) is 9.59 Å². The Hall–Kier alpha value is -4.00. The lowest BCUT2D eigenvalue weighted by molar-refractivity contribution is -0.0874. The largest absolute Gasteiger partial charge is 0.497 e. The fourth-order valence-corrected chi connectivity index (χ4v) is 6.99. The molecule has 0 spiro atoms. The Bertz CT molecular complexity index is 1700. The number of hydrogen-bond donors (Lipinski definition) is 2. The van der Waals surface area contributed by atoms with Crippen LogP contribution in [0.2, 0.25) is 18.1 Å². The quantitative estimate of drug-likeness (QED) is 0.167. The van der Waals surface area contributed by atoms with E-state index in [1.807, 2.05) is 78.9 Å². The molecule has 4 atom stereocenters. The number of benzene rings is 3. The molecule has 0 radical (unpaired) electrons. The zero-order valence-electron chi connectivity index (χ0n) is 28.1. The number of aromatic amines is 1. The molecule has 1 aliphatic rings. The molecule has 1 aliphatic heterocycles. The van der Waals surface area contributed by atoms with E-state index in [-0.39, 0.29) is 11.6 Å². The van der Waals surface area contributed by atoms with Gasteiger partial charge in [0.15, 0.2) is 14.5 Å². The van der Waals surface area contributed by atoms with Crippen LogP contribution in [0.1, 0.15) is 43.7 Å². The summed E-state index contributed by atoms with van der Waals surface area (Å²) in [6.07, 6.45) is -0.813. The van der Waals surface area contributed by atoms with Crippen molar-refractivity contribution in [3.8, 4) is 11.5 Å². The lowest BCUT2D eigenvalue weighted by atomic mass is 9.80. The summed E-state index contributed by atoms with van der Waals surface area (Å²) in [5.41, 5.74) is 7.40. The van der Waals surface area contributed by atoms with Gasteiger partial charge in [0.1, 0.15) is 29.3 Å². The topological polar surface area (TPSA) is 127 Å². The van der Waals surface area contributed by atoms with E-state index in [1.165, 1.54) is 16.8 Å². The van der Waals surface area contributed by atoms with Crippen molar-refractivity contribution < 1.29 is 23.4 Å². The molecule has 11 heteroatoms. The van der Waals surface area contributed by atoms with Gasteiger partial charge in [0.2, 0.25) is 0 Å². The summed E-state index contributed by atoms with van der Waals surface area (Å²) in [5.74, 6) is 1.43. The fourth-order valence-electron chi connectivity index (χ4n) is 5.69. The molecule has 5 rings (SSSR count). The molecule has 0 bridgehead atoms. The van der Waals surface area contributed by atoms with Gasteiger partial charge in [0.05, 0.1) is 26.9 Å². The van der Waals surface area contributed by atoms with Crippen molar-refractivity contribution in [2.24, 2.45) is 5.73 Å². The molecule has 3 aromatic carbocycles. The number of nitrogens with two attached hydrogens (primary N) is 1. The summed E-state index contributed by atoms with van der Waals surface area (Å²) in [6.45, 7) is 10.7. The van der Waals surface area contributed by atoms with Crippen molar-refractivity contribution in [3.63, 3.8) is 0 Å². The molecule has 1 saturated heterocycles. The second-order valence-corrected chi connectivity index (χ2v) is 18.1. The highest BCUT2D eigenvalue weighted by molar-refractivity contribution is 6.74. The third-order valence-electron chi connectivity index (χ3n) is 9.40. The van der Waals surface area contributed by atoms with Gasteiger partial charge in [0.25, 0.3) is 5.56 Å². The second-order valence-electron chi connectivity index (χ2n) is 13.3. The number of H-pyrrole nitrogens is 1. The Morgan fingerprint density at radius 3 is 1.85 bits per heavy atom. The summed E-state index contributed by atoms with van der Waals surface area (Å²) >= 11 is 0. The number of rotatable bonds is 11. The van der Waals surface area contributed by atoms with Crippen molar-refractivity contribution in [3.05, 3.63) is 129 Å². The van der Waals surface area contributed by atoms with Gasteiger partial charge in [-0.25, -0.2) is 4.79 Å². The van der Waals surface area contributed by atoms with Gasteiger partial charge < -0.3 is 29.1 Å². The van der Waals surface area contributed by atoms with Crippen LogP contribution in [0.15, 0.2) is 101 Å². The van der Waals surface area contributed by atoms with E-state index in [0.29, 0.717) is 11.5 Å². The molecule has 2 heterocycles. The Balaban J connectivity index is 1.59. The fraction of sp³-hybridized carbons (Fsp3) is 0.389. The number of aromatic nitrogens is 2. The van der Waals surface area contributed by atoms with Crippen LogP contribution < -0.4 is 26.5 Å². The zero-order chi connectivity index (χ0) is 34.0. The number of hydrogen-bond acceptors (Lipinski definition) is 8. The molecule has 1 fully saturated rings. The van der Waals surface area contributed by atoms with Gasteiger partial charge in [-0.1, -0.05) is 75.4 Å². The molecule has 0 amide bonds. The maximum absolute atomic E-state index is 13.0. The van der Waals surface area contributed by atoms with Crippen molar-refractivity contribution >= 4 is 8.32 Å². The smallest absolute Gasteiger partial charge is 0.330 e. The number of ether oxygens (including phenoxy) is 4. The van der Waals surface area contributed by atoms with Crippen molar-refractivity contribution in [1.82, 2.24) is 9.55 Å². The monoisotopic (exact) mass is 659 g/mol. The molecule has 10 nitrogen and oxygen atoms in total. The molecule has 0 aliphatic carbocycles. The normalized spacial score (nSPS) is 20.3. The van der Waals surface area contributed by atoms with Crippen molar-refractivity contribution in [2.45, 2.75) is 69.0 Å². The van der Waals surface area contributed by atoms with Crippen LogP contribution in [0.5, 0.6) is 11.5 Å². The average molecular weight is 660 g/mol. The Kier molecular flexibility index (Phi) is 9.95. The van der Waals surface area contributed by atoms with E-state index >= 15 is 0 Å². The highest BCUT2D eigenvalue weighted by Crippen LogP contribution is 2.44. The lowest BCUT2D eigenvalue weighted by Gasteiger charge is -2.40. The maximum atomic E-state index is 13.0. The first-order valence-electron chi connectivity index (χ1n) is 15.7. The minimum absolute atomic E-state index is 0.0556. The molecule has 0 unspecified atom stereocenters. The summed E-state index contributed by atoms with van der Waals surface area (Å²) in [7, 11) is 0.867. The molecule has 4 aromatic rings. The van der Waals surface area contributed by atoms with Gasteiger partial charge in [0, 0.05) is 12.3 Å². The van der Waals surface area contributed by atoms with Crippen LogP contribution in [0.3, 0.4) is 0 Å². The molecular formula is C36H45N3O7Si. The van der Waals surface area contributed by atoms with E-state index in [2.05, 4.69) is 38.8 Å². The first-order chi connectivity index (χ1) is 22.3. The average Bonchev–Trinajstić information content (AvgIpc) is 3.35. The molecule has 47 heavy (non-hydrogen) atoms. The minimum atomic E-state index is -2.39. The van der Waals surface area contributed by atoms with Crippen LogP contribution in [0, 0.1) is 0 Å². The summed E-state index contributed by atoms with van der Waals surface area (Å²) in [6, 6.07) is 26.1. The van der Waals surface area contributed by atoms with Crippen LogP contribution >= 0.6 is 0 Å². The van der Waals surface area contributed by atoms with Crippen molar-refractivity contribution in [1.29, 1.82) is 0 Å². The summed E-state index contributed by atoms with van der Waals surface area (Å²) in [4.78, 5) is 27.3. The Labute approximate surface area is 276 Å². The first-order valence-corrected chi connectivity index (χ1v) is 18.6. The van der Waals surface area contributed by atoms with E-state index in [0.717, 1.165) is 16.7 Å². The van der Waals surface area contributed by atoms with E-state index in [4.69, 9.17) is 29.1 Å². The highest BCUT2D eigenvalue weighted by atomic mass is 28.4. The minimum Gasteiger partial charge on any atom is -0.497 e. The van der Waals surface area contributed by atoms with Crippen LogP contribution in [-0.4, -0.2) is 56.9 Å². The van der Waals surface area contributed by atoms with Crippen LogP contribution in [0.25, 0.3) is 0 Å². The van der Waals surface area contributed by atoms with Gasteiger partial charge >= 0.3 is 5.69 Å². The third kappa shape index (κ3) is 6.86. The Morgan fingerprint density at radius 2 is 1.36 bits per heavy atom. The molecule has 0 saturated carbocycles. The predicted molar refractivity (Wildman–Crippen MR) is 184 cm³/mol. The molecular weight excluding hydrogens is 614 g/mol. The van der Waals surface area contributed by atoms with E-state index < -0.39 is 49.6 Å². The first kappa shape index (κ1) is 34.3. The maximum Gasteiger partial charge on any atom is 0.330 e. The van der Waals surface area contributed by atoms with Crippen molar-refractivity contribution in [2.75, 3.05) is 20.8 Å². The predicted octanol–water partition coefficient (Wildman–Crippen LogP) is 5.18. The zero-order valence-corrected chi connectivity index (χ0v) is 29.1. The summed E-state index contributed by atoms with van der Waals surface area (Å²) in [5, 5.41) is -0.132. The molecule has 250 valence electrons. The van der Waals surface area contributed by atoms with Gasteiger partial charge in [-0.2, -0.15) is 0 Å². The van der Waals surface area contributed by atoms with Crippen LogP contribution in [0.4, 0.5) is 0 Å². The molecule has 3 N–H and O–H groups in total. The SMILES string of the molecule is COc1ccc(C(OC[C@H]2O[C@@H](n3ccc(=O)[nH]c3=O)[C@H](O[Si](C)(C)C(C)(C)C)[C@@H]2N)(c2ccccc2)c2ccc(OC)cc2)cc1. The highest BCUT2D eigenvalue weighted by Gasteiger charge is 2.51. The summed E-state index contributed by atoms with van der Waals surface area (Å²) < 4.78 is 32.8.